The third-order valence-electron chi connectivity index (χ3n) is 12.0. The van der Waals surface area contributed by atoms with Gasteiger partial charge in [-0.25, -0.2) is 0 Å². The number of methoxy groups -OCH3 is 1. The van der Waals surface area contributed by atoms with Crippen molar-refractivity contribution < 1.29 is 28.5 Å². The van der Waals surface area contributed by atoms with E-state index in [4.69, 9.17) is 18.9 Å². The molecule has 2 saturated carbocycles. The van der Waals surface area contributed by atoms with Crippen LogP contribution in [0.2, 0.25) is 0 Å². The Morgan fingerprint density at radius 2 is 1.68 bits per heavy atom. The average Bonchev–Trinajstić information content (AvgIpc) is 3.75. The predicted molar refractivity (Wildman–Crippen MR) is 170 cm³/mol. The number of fused-ring (bicyclic) bond motifs is 2. The Bertz CT molecular complexity index is 1030. The molecule has 0 aromatic rings. The Kier molecular flexibility index (Phi) is 10.3. The highest BCUT2D eigenvalue weighted by atomic mass is 16.7. The first-order chi connectivity index (χ1) is 20.7. The number of ketones is 1. The summed E-state index contributed by atoms with van der Waals surface area (Å²) in [5.41, 5.74) is -1.99. The van der Waals surface area contributed by atoms with Gasteiger partial charge in [-0.05, 0) is 112 Å². The van der Waals surface area contributed by atoms with Crippen LogP contribution in [0.15, 0.2) is 0 Å². The summed E-state index contributed by atoms with van der Waals surface area (Å²) in [6.07, 6.45) is 6.48. The molecule has 0 amide bonds. The molecule has 0 bridgehead atoms. The van der Waals surface area contributed by atoms with E-state index in [1.54, 1.807) is 21.0 Å². The molecular weight excluding hydrogens is 558 g/mol. The standard InChI is InChI=1S/C35H61N3O6/c1-21-16-35(41-10)17-27-28(36(6)7)13-22(2)43-32(27)44-31(35)23(3)30(39)34(4,5)33(40)42-20-29(38(9)18-21)25-14-26(15-25)37(8)19-24-11-12-24/h21-29,31-32H,11-20H2,1-10H3/t21-,22-,23+,25-,26-,27-,28+,29+,31-,32+,35+/m1/s1. The third-order valence-corrected chi connectivity index (χ3v) is 12.0. The number of ether oxygens (including phenoxy) is 4. The summed E-state index contributed by atoms with van der Waals surface area (Å²) < 4.78 is 25.8. The second kappa shape index (κ2) is 13.2. The fourth-order valence-corrected chi connectivity index (χ4v) is 9.09. The van der Waals surface area contributed by atoms with Crippen molar-refractivity contribution in [2.75, 3.05) is 55.0 Å². The largest absolute Gasteiger partial charge is 0.463 e. The average molecular weight is 620 g/mol. The molecule has 3 saturated heterocycles. The fraction of sp³-hybridized carbons (Fsp3) is 0.943. The lowest BCUT2D eigenvalue weighted by Gasteiger charge is -2.56. The molecule has 3 aliphatic heterocycles. The monoisotopic (exact) mass is 619 g/mol. The first-order valence-electron chi connectivity index (χ1n) is 17.3. The number of esters is 1. The van der Waals surface area contributed by atoms with Gasteiger partial charge in [-0.1, -0.05) is 13.8 Å². The van der Waals surface area contributed by atoms with Gasteiger partial charge in [0.05, 0.1) is 17.8 Å². The summed E-state index contributed by atoms with van der Waals surface area (Å²) in [6.45, 7) is 12.1. The summed E-state index contributed by atoms with van der Waals surface area (Å²) in [5, 5.41) is 0. The van der Waals surface area contributed by atoms with Gasteiger partial charge in [0.25, 0.3) is 0 Å². The van der Waals surface area contributed by atoms with Crippen molar-refractivity contribution in [2.45, 2.75) is 122 Å². The molecule has 9 atom stereocenters. The van der Waals surface area contributed by atoms with E-state index in [9.17, 15) is 9.59 Å². The second-order valence-corrected chi connectivity index (χ2v) is 16.2. The highest BCUT2D eigenvalue weighted by Crippen LogP contribution is 2.49. The van der Waals surface area contributed by atoms with E-state index in [0.717, 1.165) is 44.6 Å². The van der Waals surface area contributed by atoms with Gasteiger partial charge in [0, 0.05) is 50.2 Å². The Balaban J connectivity index is 1.42. The van der Waals surface area contributed by atoms with E-state index >= 15 is 0 Å². The summed E-state index contributed by atoms with van der Waals surface area (Å²) in [4.78, 5) is 35.1. The molecule has 0 radical (unpaired) electrons. The molecule has 252 valence electrons. The van der Waals surface area contributed by atoms with Crippen molar-refractivity contribution >= 4 is 11.8 Å². The maximum Gasteiger partial charge on any atom is 0.319 e. The van der Waals surface area contributed by atoms with Crippen molar-refractivity contribution in [1.29, 1.82) is 0 Å². The molecule has 0 spiro atoms. The van der Waals surface area contributed by atoms with Crippen LogP contribution in [0.4, 0.5) is 0 Å². The van der Waals surface area contributed by atoms with Crippen LogP contribution in [0.25, 0.3) is 0 Å². The highest BCUT2D eigenvalue weighted by Gasteiger charge is 2.58. The van der Waals surface area contributed by atoms with Crippen molar-refractivity contribution in [3.05, 3.63) is 0 Å². The van der Waals surface area contributed by atoms with Crippen LogP contribution in [-0.2, 0) is 28.5 Å². The van der Waals surface area contributed by atoms with Crippen molar-refractivity contribution in [3.8, 4) is 0 Å². The molecular formula is C35H61N3O6. The van der Waals surface area contributed by atoms with Crippen LogP contribution in [0.5, 0.6) is 0 Å². The smallest absolute Gasteiger partial charge is 0.319 e. The minimum atomic E-state index is -1.30. The SMILES string of the molecule is CO[C@]12C[C@@H](C)CN(C)[C@H]([C@H]3C[C@H](N(C)CC4CC4)C3)COC(=O)C(C)(C)C(=O)[C@H](C)[C@H]1O[C@@H]1O[C@H](C)C[C@H](N(C)C)[C@H]1C2. The van der Waals surface area contributed by atoms with Gasteiger partial charge >= 0.3 is 5.97 Å². The Morgan fingerprint density at radius 3 is 2.30 bits per heavy atom. The molecule has 0 unspecified atom stereocenters. The van der Waals surface area contributed by atoms with Gasteiger partial charge in [-0.3, -0.25) is 14.5 Å². The van der Waals surface area contributed by atoms with Crippen molar-refractivity contribution in [1.82, 2.24) is 14.7 Å². The minimum Gasteiger partial charge on any atom is -0.463 e. The number of Topliss-reactive ketones (excluding diaryl/α,β-unsaturated/α-hetero) is 1. The van der Waals surface area contributed by atoms with Gasteiger partial charge in [0.1, 0.15) is 12.0 Å². The van der Waals surface area contributed by atoms with Crippen molar-refractivity contribution in [3.63, 3.8) is 0 Å². The summed E-state index contributed by atoms with van der Waals surface area (Å²) >= 11 is 0. The number of likely N-dealkylation sites (N-methyl/N-ethyl adjacent to an activating group) is 1. The zero-order chi connectivity index (χ0) is 32.1. The van der Waals surface area contributed by atoms with Gasteiger partial charge in [0.15, 0.2) is 12.1 Å². The predicted octanol–water partition coefficient (Wildman–Crippen LogP) is 4.08. The number of carbonyl (C=O) groups excluding carboxylic acids is 2. The van der Waals surface area contributed by atoms with E-state index in [0.29, 0.717) is 18.6 Å². The van der Waals surface area contributed by atoms with E-state index in [1.165, 1.54) is 19.4 Å². The maximum atomic E-state index is 14.2. The molecule has 3 heterocycles. The number of hydrogen-bond acceptors (Lipinski definition) is 9. The van der Waals surface area contributed by atoms with Gasteiger partial charge in [0.2, 0.25) is 0 Å². The molecule has 9 nitrogen and oxygen atoms in total. The second-order valence-electron chi connectivity index (χ2n) is 16.2. The van der Waals surface area contributed by atoms with Crippen LogP contribution < -0.4 is 0 Å². The Morgan fingerprint density at radius 1 is 1.00 bits per heavy atom. The van der Waals surface area contributed by atoms with E-state index in [2.05, 4.69) is 56.7 Å². The first-order valence-corrected chi connectivity index (χ1v) is 17.3. The fourth-order valence-electron chi connectivity index (χ4n) is 9.09. The highest BCUT2D eigenvalue weighted by molar-refractivity contribution is 6.04. The molecule has 2 aliphatic carbocycles. The van der Waals surface area contributed by atoms with E-state index < -0.39 is 35.3 Å². The van der Waals surface area contributed by atoms with Crippen LogP contribution in [-0.4, -0.2) is 124 Å². The number of carbonyl (C=O) groups is 2. The normalized spacial score (nSPS) is 44.1. The minimum absolute atomic E-state index is 0.0509. The van der Waals surface area contributed by atoms with Crippen LogP contribution in [0.3, 0.4) is 0 Å². The topological polar surface area (TPSA) is 80.8 Å². The Labute approximate surface area is 266 Å². The lowest BCUT2D eigenvalue weighted by atomic mass is 9.67. The number of rotatable bonds is 6. The maximum absolute atomic E-state index is 14.2. The lowest BCUT2D eigenvalue weighted by Crippen LogP contribution is -2.65. The molecule has 5 aliphatic rings. The van der Waals surface area contributed by atoms with Crippen LogP contribution in [0.1, 0.15) is 79.6 Å². The molecule has 9 heteroatoms. The van der Waals surface area contributed by atoms with Gasteiger partial charge < -0.3 is 28.7 Å². The van der Waals surface area contributed by atoms with Gasteiger partial charge in [-0.2, -0.15) is 0 Å². The quantitative estimate of drug-likeness (QED) is 0.323. The van der Waals surface area contributed by atoms with Gasteiger partial charge in [-0.15, -0.1) is 0 Å². The molecule has 0 aromatic heterocycles. The van der Waals surface area contributed by atoms with Crippen molar-refractivity contribution in [2.24, 2.45) is 35.0 Å². The zero-order valence-corrected chi connectivity index (χ0v) is 29.2. The Hall–Kier alpha value is -1.10. The summed E-state index contributed by atoms with van der Waals surface area (Å²) in [5.74, 6) is 0.532. The zero-order valence-electron chi connectivity index (χ0n) is 29.2. The molecule has 0 N–H and O–H groups in total. The first kappa shape index (κ1) is 34.2. The number of cyclic esters (lactones) is 1. The lowest BCUT2D eigenvalue weighted by molar-refractivity contribution is -0.325. The summed E-state index contributed by atoms with van der Waals surface area (Å²) in [7, 11) is 10.5. The molecule has 5 fully saturated rings. The van der Waals surface area contributed by atoms with E-state index in [1.807, 2.05) is 6.92 Å². The molecule has 5 rings (SSSR count). The molecule has 44 heavy (non-hydrogen) atoms. The van der Waals surface area contributed by atoms with E-state index in [-0.39, 0.29) is 35.8 Å². The van der Waals surface area contributed by atoms with Crippen LogP contribution >= 0.6 is 0 Å². The number of nitrogens with zero attached hydrogens (tertiary/aromatic N) is 3. The molecule has 0 aromatic carbocycles. The number of hydrogen-bond donors (Lipinski definition) is 0. The summed E-state index contributed by atoms with van der Waals surface area (Å²) in [6, 6.07) is 0.995. The van der Waals surface area contributed by atoms with Crippen LogP contribution in [0, 0.1) is 35.0 Å². The third kappa shape index (κ3) is 6.79.